The molecule has 2 heterocycles. The minimum Gasteiger partial charge on any atom is -0.443 e. The molecule has 0 spiro atoms. The van der Waals surface area contributed by atoms with Gasteiger partial charge in [0, 0.05) is 17.5 Å². The summed E-state index contributed by atoms with van der Waals surface area (Å²) in [5.74, 6) is 0.815. The Morgan fingerprint density at radius 3 is 2.70 bits per heavy atom. The largest absolute Gasteiger partial charge is 0.443 e. The van der Waals surface area contributed by atoms with Crippen LogP contribution >= 0.6 is 0 Å². The second-order valence-electron chi connectivity index (χ2n) is 6.35. The summed E-state index contributed by atoms with van der Waals surface area (Å²) < 4.78 is 5.23. The molecule has 3 rings (SSSR count). The van der Waals surface area contributed by atoms with E-state index < -0.39 is 5.60 Å². The lowest BCUT2D eigenvalue weighted by molar-refractivity contribution is -0.00744. The molecule has 1 aliphatic rings. The van der Waals surface area contributed by atoms with Crippen molar-refractivity contribution in [3.8, 4) is 11.6 Å². The molecule has 0 atom stereocenters. The van der Waals surface area contributed by atoms with Crippen LogP contribution in [0.15, 0.2) is 35.2 Å². The Bertz CT molecular complexity index is 641. The summed E-state index contributed by atoms with van der Waals surface area (Å²) in [5, 5.41) is 19.1. The fourth-order valence-electron chi connectivity index (χ4n) is 3.35. The molecule has 2 aromatic rings. The van der Waals surface area contributed by atoms with Crippen LogP contribution in [0.25, 0.3) is 11.6 Å². The summed E-state index contributed by atoms with van der Waals surface area (Å²) in [5.41, 5.74) is 1.52. The third-order valence-corrected chi connectivity index (χ3v) is 4.78. The number of rotatable bonds is 5. The number of nitrogens with zero attached hydrogens (tertiary/aromatic N) is 2. The summed E-state index contributed by atoms with van der Waals surface area (Å²) >= 11 is 0. The maximum absolute atomic E-state index is 10.9. The van der Waals surface area contributed by atoms with Crippen molar-refractivity contribution in [2.24, 2.45) is 5.92 Å². The zero-order chi connectivity index (χ0) is 16.3. The molecule has 0 saturated heterocycles. The van der Waals surface area contributed by atoms with Crippen molar-refractivity contribution in [1.29, 1.82) is 5.41 Å². The second kappa shape index (κ2) is 6.62. The van der Waals surface area contributed by atoms with E-state index in [0.29, 0.717) is 30.3 Å². The standard InChI is InChI=1S/C18H23N3O2/c1-2-3-15(19)13-6-8-18(22,9-7-13)14-4-5-16(21-12-14)17-20-10-11-23-17/h4-5,10-13,19,22H,2-3,6-9H2,1H3. The fourth-order valence-corrected chi connectivity index (χ4v) is 3.35. The molecule has 122 valence electrons. The number of oxazole rings is 1. The number of aliphatic hydroxyl groups is 1. The second-order valence-corrected chi connectivity index (χ2v) is 6.35. The molecule has 2 N–H and O–H groups in total. The first-order chi connectivity index (χ1) is 11.1. The third-order valence-electron chi connectivity index (χ3n) is 4.78. The van der Waals surface area contributed by atoms with Gasteiger partial charge in [0.2, 0.25) is 5.89 Å². The van der Waals surface area contributed by atoms with Gasteiger partial charge in [0.05, 0.1) is 11.8 Å². The molecule has 5 heteroatoms. The molecule has 0 amide bonds. The van der Waals surface area contributed by atoms with Crippen LogP contribution in [0.3, 0.4) is 0 Å². The van der Waals surface area contributed by atoms with Crippen LogP contribution in [0, 0.1) is 11.3 Å². The third kappa shape index (κ3) is 3.34. The van der Waals surface area contributed by atoms with Crippen LogP contribution in [0.5, 0.6) is 0 Å². The van der Waals surface area contributed by atoms with E-state index in [1.807, 2.05) is 12.1 Å². The highest BCUT2D eigenvalue weighted by molar-refractivity contribution is 5.83. The van der Waals surface area contributed by atoms with Crippen molar-refractivity contribution in [2.75, 3.05) is 0 Å². The number of hydrogen-bond donors (Lipinski definition) is 2. The van der Waals surface area contributed by atoms with Crippen molar-refractivity contribution < 1.29 is 9.52 Å². The van der Waals surface area contributed by atoms with Gasteiger partial charge >= 0.3 is 0 Å². The van der Waals surface area contributed by atoms with E-state index in [1.54, 1.807) is 12.4 Å². The Hall–Kier alpha value is -2.01. The molecule has 23 heavy (non-hydrogen) atoms. The average molecular weight is 313 g/mol. The predicted octanol–water partition coefficient (Wildman–Crippen LogP) is 3.93. The first-order valence-electron chi connectivity index (χ1n) is 8.28. The molecule has 1 saturated carbocycles. The summed E-state index contributed by atoms with van der Waals surface area (Å²) in [6.45, 7) is 2.11. The van der Waals surface area contributed by atoms with Crippen LogP contribution in [0.4, 0.5) is 0 Å². The smallest absolute Gasteiger partial charge is 0.244 e. The number of hydrogen-bond acceptors (Lipinski definition) is 5. The average Bonchev–Trinajstić information content (AvgIpc) is 3.10. The summed E-state index contributed by atoms with van der Waals surface area (Å²) in [6, 6.07) is 3.74. The van der Waals surface area contributed by atoms with Gasteiger partial charge in [0.25, 0.3) is 0 Å². The maximum Gasteiger partial charge on any atom is 0.244 e. The molecule has 5 nitrogen and oxygen atoms in total. The van der Waals surface area contributed by atoms with Gasteiger partial charge in [-0.1, -0.05) is 19.4 Å². The molecule has 1 aliphatic carbocycles. The van der Waals surface area contributed by atoms with Crippen LogP contribution in [0.1, 0.15) is 51.0 Å². The molecule has 0 bridgehead atoms. The zero-order valence-electron chi connectivity index (χ0n) is 13.5. The molecule has 2 aromatic heterocycles. The molecule has 0 aromatic carbocycles. The molecule has 0 unspecified atom stereocenters. The van der Waals surface area contributed by atoms with Gasteiger partial charge in [-0.05, 0) is 44.1 Å². The maximum atomic E-state index is 10.9. The van der Waals surface area contributed by atoms with Gasteiger partial charge < -0.3 is 14.9 Å². The Morgan fingerprint density at radius 2 is 2.13 bits per heavy atom. The molecule has 1 fully saturated rings. The van der Waals surface area contributed by atoms with Crippen molar-refractivity contribution in [3.63, 3.8) is 0 Å². The minimum absolute atomic E-state index is 0.328. The molecular weight excluding hydrogens is 290 g/mol. The lowest BCUT2D eigenvalue weighted by Crippen LogP contribution is -2.33. The predicted molar refractivity (Wildman–Crippen MR) is 88.2 cm³/mol. The van der Waals surface area contributed by atoms with Crippen molar-refractivity contribution >= 4 is 5.71 Å². The van der Waals surface area contributed by atoms with Crippen LogP contribution in [0.2, 0.25) is 0 Å². The highest BCUT2D eigenvalue weighted by atomic mass is 16.3. The minimum atomic E-state index is -0.828. The molecule has 0 aliphatic heterocycles. The van der Waals surface area contributed by atoms with Crippen molar-refractivity contribution in [3.05, 3.63) is 36.4 Å². The van der Waals surface area contributed by atoms with E-state index in [9.17, 15) is 5.11 Å². The van der Waals surface area contributed by atoms with E-state index >= 15 is 0 Å². The van der Waals surface area contributed by atoms with Crippen LogP contribution < -0.4 is 0 Å². The zero-order valence-corrected chi connectivity index (χ0v) is 13.5. The topological polar surface area (TPSA) is 83.0 Å². The normalized spacial score (nSPS) is 24.5. The van der Waals surface area contributed by atoms with Gasteiger partial charge in [-0.25, -0.2) is 4.98 Å². The fraction of sp³-hybridized carbons (Fsp3) is 0.500. The number of pyridine rings is 1. The Labute approximate surface area is 136 Å². The van der Waals surface area contributed by atoms with Gasteiger partial charge in [0.15, 0.2) is 0 Å². The van der Waals surface area contributed by atoms with Crippen molar-refractivity contribution in [2.45, 2.75) is 51.0 Å². The lowest BCUT2D eigenvalue weighted by Gasteiger charge is -2.36. The van der Waals surface area contributed by atoms with E-state index in [2.05, 4.69) is 16.9 Å². The Balaban J connectivity index is 1.68. The summed E-state index contributed by atoms with van der Waals surface area (Å²) in [4.78, 5) is 8.44. The Kier molecular flexibility index (Phi) is 4.57. The van der Waals surface area contributed by atoms with Crippen LogP contribution in [-0.2, 0) is 5.60 Å². The van der Waals surface area contributed by atoms with E-state index in [0.717, 1.165) is 37.0 Å². The summed E-state index contributed by atoms with van der Waals surface area (Å²) in [7, 11) is 0. The quantitative estimate of drug-likeness (QED) is 0.819. The van der Waals surface area contributed by atoms with Crippen molar-refractivity contribution in [1.82, 2.24) is 9.97 Å². The van der Waals surface area contributed by atoms with Gasteiger partial charge in [-0.2, -0.15) is 0 Å². The van der Waals surface area contributed by atoms with E-state index in [-0.39, 0.29) is 0 Å². The monoisotopic (exact) mass is 313 g/mol. The number of aromatic nitrogens is 2. The van der Waals surface area contributed by atoms with Gasteiger partial charge in [-0.15, -0.1) is 0 Å². The first kappa shape index (κ1) is 15.9. The first-order valence-corrected chi connectivity index (χ1v) is 8.28. The highest BCUT2D eigenvalue weighted by Crippen LogP contribution is 2.40. The Morgan fingerprint density at radius 1 is 1.35 bits per heavy atom. The number of nitrogens with one attached hydrogen (secondary N) is 1. The van der Waals surface area contributed by atoms with Gasteiger partial charge in [-0.3, -0.25) is 4.98 Å². The lowest BCUT2D eigenvalue weighted by atomic mass is 9.73. The molecular formula is C18H23N3O2. The summed E-state index contributed by atoms with van der Waals surface area (Å²) in [6.07, 6.45) is 9.83. The van der Waals surface area contributed by atoms with E-state index in [4.69, 9.17) is 9.83 Å². The van der Waals surface area contributed by atoms with Gasteiger partial charge in [0.1, 0.15) is 12.0 Å². The molecule has 0 radical (unpaired) electrons. The SMILES string of the molecule is CCCC(=N)C1CCC(O)(c2ccc(-c3ncco3)nc2)CC1. The van der Waals surface area contributed by atoms with E-state index in [1.165, 1.54) is 6.26 Å². The van der Waals surface area contributed by atoms with Crippen LogP contribution in [-0.4, -0.2) is 20.8 Å². The highest BCUT2D eigenvalue weighted by Gasteiger charge is 2.36.